The van der Waals surface area contributed by atoms with Crippen LogP contribution in [0.3, 0.4) is 0 Å². The molecular formula is C26H30N2O4. The van der Waals surface area contributed by atoms with E-state index in [0.29, 0.717) is 24.7 Å². The van der Waals surface area contributed by atoms with Gasteiger partial charge in [0.25, 0.3) is 5.91 Å². The minimum atomic E-state index is -0.171. The fourth-order valence-electron chi connectivity index (χ4n) is 3.92. The van der Waals surface area contributed by atoms with Crippen molar-refractivity contribution in [1.82, 2.24) is 10.2 Å². The minimum Gasteiger partial charge on any atom is -0.485 e. The maximum absolute atomic E-state index is 12.5. The van der Waals surface area contributed by atoms with Gasteiger partial charge in [-0.25, -0.2) is 0 Å². The summed E-state index contributed by atoms with van der Waals surface area (Å²) in [6.45, 7) is 4.82. The Hall–Kier alpha value is -3.25. The molecule has 1 atom stereocenters. The third-order valence-corrected chi connectivity index (χ3v) is 5.61. The summed E-state index contributed by atoms with van der Waals surface area (Å²) >= 11 is 0. The second-order valence-electron chi connectivity index (χ2n) is 8.02. The van der Waals surface area contributed by atoms with Crippen molar-refractivity contribution in [2.75, 3.05) is 26.2 Å². The van der Waals surface area contributed by atoms with Gasteiger partial charge in [-0.2, -0.15) is 0 Å². The van der Waals surface area contributed by atoms with Crippen molar-refractivity contribution in [2.45, 2.75) is 32.4 Å². The van der Waals surface area contributed by atoms with E-state index in [-0.39, 0.29) is 18.6 Å². The Balaban J connectivity index is 1.30. The molecule has 1 aliphatic rings. The molecule has 1 fully saturated rings. The summed E-state index contributed by atoms with van der Waals surface area (Å²) in [5.74, 6) is 2.77. The highest BCUT2D eigenvalue weighted by Crippen LogP contribution is 2.28. The standard InChI is InChI=1S/C26H30N2O4/c1-20-13-14-23(32-20)22(28-15-7-8-16-28)17-27-26(29)19-31-25-12-6-5-11-24(25)30-18-21-9-3-2-4-10-21/h2-6,9-14,22H,7-8,15-19H2,1H3,(H,27,29). The predicted octanol–water partition coefficient (Wildman–Crippen LogP) is 4.50. The van der Waals surface area contributed by atoms with Crippen molar-refractivity contribution in [3.8, 4) is 11.5 Å². The monoisotopic (exact) mass is 434 g/mol. The van der Waals surface area contributed by atoms with Gasteiger partial charge in [-0.15, -0.1) is 0 Å². The summed E-state index contributed by atoms with van der Waals surface area (Å²) in [5, 5.41) is 3.01. The molecule has 1 aromatic heterocycles. The molecule has 0 saturated carbocycles. The number of furan rings is 1. The first-order chi connectivity index (χ1) is 15.7. The van der Waals surface area contributed by atoms with Crippen molar-refractivity contribution in [3.63, 3.8) is 0 Å². The topological polar surface area (TPSA) is 63.9 Å². The van der Waals surface area contributed by atoms with Crippen LogP contribution < -0.4 is 14.8 Å². The molecule has 1 aliphatic heterocycles. The number of ether oxygens (including phenoxy) is 2. The number of benzene rings is 2. The molecule has 1 saturated heterocycles. The van der Waals surface area contributed by atoms with E-state index in [2.05, 4.69) is 10.2 Å². The van der Waals surface area contributed by atoms with E-state index in [9.17, 15) is 4.79 Å². The lowest BCUT2D eigenvalue weighted by molar-refractivity contribution is -0.123. The Kier molecular flexibility index (Phi) is 7.46. The number of nitrogens with zero attached hydrogens (tertiary/aromatic N) is 1. The molecule has 6 heteroatoms. The van der Waals surface area contributed by atoms with Crippen LogP contribution in [0.4, 0.5) is 0 Å². The van der Waals surface area contributed by atoms with Gasteiger partial charge in [-0.1, -0.05) is 42.5 Å². The average Bonchev–Trinajstić information content (AvgIpc) is 3.50. The molecule has 1 N–H and O–H groups in total. The largest absolute Gasteiger partial charge is 0.485 e. The molecular weight excluding hydrogens is 404 g/mol. The third kappa shape index (κ3) is 5.92. The molecule has 0 spiro atoms. The number of carbonyl (C=O) groups is 1. The zero-order chi connectivity index (χ0) is 22.2. The van der Waals surface area contributed by atoms with E-state index in [4.69, 9.17) is 13.9 Å². The Morgan fingerprint density at radius 3 is 2.34 bits per heavy atom. The van der Waals surface area contributed by atoms with E-state index in [1.165, 1.54) is 12.8 Å². The van der Waals surface area contributed by atoms with Gasteiger partial charge in [0.05, 0.1) is 6.04 Å². The lowest BCUT2D eigenvalue weighted by atomic mass is 10.2. The van der Waals surface area contributed by atoms with Gasteiger partial charge < -0.3 is 19.2 Å². The Morgan fingerprint density at radius 2 is 1.66 bits per heavy atom. The van der Waals surface area contributed by atoms with Crippen LogP contribution in [0.25, 0.3) is 0 Å². The highest BCUT2D eigenvalue weighted by Gasteiger charge is 2.26. The molecule has 1 unspecified atom stereocenters. The molecule has 1 amide bonds. The van der Waals surface area contributed by atoms with Crippen LogP contribution in [0.2, 0.25) is 0 Å². The van der Waals surface area contributed by atoms with Crippen LogP contribution in [0.15, 0.2) is 71.1 Å². The second kappa shape index (κ2) is 10.9. The number of nitrogens with one attached hydrogen (secondary N) is 1. The quantitative estimate of drug-likeness (QED) is 0.509. The summed E-state index contributed by atoms with van der Waals surface area (Å²) < 4.78 is 17.5. The van der Waals surface area contributed by atoms with Crippen molar-refractivity contribution in [3.05, 3.63) is 83.8 Å². The van der Waals surface area contributed by atoms with E-state index in [1.54, 1.807) is 0 Å². The zero-order valence-corrected chi connectivity index (χ0v) is 18.5. The average molecular weight is 435 g/mol. The van der Waals surface area contributed by atoms with Crippen LogP contribution in [0.1, 0.15) is 36.0 Å². The highest BCUT2D eigenvalue weighted by molar-refractivity contribution is 5.77. The molecule has 4 rings (SSSR count). The molecule has 2 heterocycles. The molecule has 168 valence electrons. The fraction of sp³-hybridized carbons (Fsp3) is 0.346. The van der Waals surface area contributed by atoms with Crippen molar-refractivity contribution in [1.29, 1.82) is 0 Å². The molecule has 2 aromatic carbocycles. The molecule has 0 bridgehead atoms. The molecule has 3 aromatic rings. The molecule has 0 radical (unpaired) electrons. The summed E-state index contributed by atoms with van der Waals surface area (Å²) in [4.78, 5) is 14.9. The van der Waals surface area contributed by atoms with Gasteiger partial charge in [0.15, 0.2) is 18.1 Å². The number of amides is 1. The Bertz CT molecular complexity index is 996. The van der Waals surface area contributed by atoms with Crippen LogP contribution >= 0.6 is 0 Å². The van der Waals surface area contributed by atoms with Crippen molar-refractivity contribution >= 4 is 5.91 Å². The molecule has 0 aliphatic carbocycles. The number of para-hydroxylation sites is 2. The summed E-state index contributed by atoms with van der Waals surface area (Å²) in [7, 11) is 0. The summed E-state index contributed by atoms with van der Waals surface area (Å²) in [5.41, 5.74) is 1.07. The van der Waals surface area contributed by atoms with Gasteiger partial charge in [-0.3, -0.25) is 9.69 Å². The lowest BCUT2D eigenvalue weighted by Gasteiger charge is -2.26. The number of likely N-dealkylation sites (tertiary alicyclic amines) is 1. The maximum atomic E-state index is 12.5. The Labute approximate surface area is 189 Å². The van der Waals surface area contributed by atoms with Crippen molar-refractivity contribution in [2.24, 2.45) is 0 Å². The first-order valence-corrected chi connectivity index (χ1v) is 11.1. The first kappa shape index (κ1) is 22.0. The van der Waals surface area contributed by atoms with E-state index < -0.39 is 0 Å². The van der Waals surface area contributed by atoms with Gasteiger partial charge in [0.2, 0.25) is 0 Å². The minimum absolute atomic E-state index is 0.0386. The van der Waals surface area contributed by atoms with Crippen molar-refractivity contribution < 1.29 is 18.7 Å². The Morgan fingerprint density at radius 1 is 0.969 bits per heavy atom. The van der Waals surface area contributed by atoms with Gasteiger partial charge in [0, 0.05) is 6.54 Å². The number of hydrogen-bond donors (Lipinski definition) is 1. The summed E-state index contributed by atoms with van der Waals surface area (Å²) in [6, 6.07) is 21.4. The molecule has 6 nitrogen and oxygen atoms in total. The normalized spacial score (nSPS) is 14.8. The molecule has 32 heavy (non-hydrogen) atoms. The smallest absolute Gasteiger partial charge is 0.258 e. The van der Waals surface area contributed by atoms with Crippen LogP contribution in [-0.4, -0.2) is 37.0 Å². The first-order valence-electron chi connectivity index (χ1n) is 11.1. The fourth-order valence-corrected chi connectivity index (χ4v) is 3.92. The van der Waals surface area contributed by atoms with Crippen LogP contribution in [0, 0.1) is 6.92 Å². The second-order valence-corrected chi connectivity index (χ2v) is 8.02. The van der Waals surface area contributed by atoms with E-state index >= 15 is 0 Å². The third-order valence-electron chi connectivity index (χ3n) is 5.61. The number of hydrogen-bond acceptors (Lipinski definition) is 5. The highest BCUT2D eigenvalue weighted by atomic mass is 16.5. The number of carbonyl (C=O) groups excluding carboxylic acids is 1. The predicted molar refractivity (Wildman–Crippen MR) is 123 cm³/mol. The van der Waals surface area contributed by atoms with E-state index in [0.717, 1.165) is 30.2 Å². The van der Waals surface area contributed by atoms with E-state index in [1.807, 2.05) is 73.7 Å². The summed E-state index contributed by atoms with van der Waals surface area (Å²) in [6.07, 6.45) is 2.35. The maximum Gasteiger partial charge on any atom is 0.258 e. The number of aryl methyl sites for hydroxylation is 1. The lowest BCUT2D eigenvalue weighted by Crippen LogP contribution is -2.38. The van der Waals surface area contributed by atoms with Gasteiger partial charge in [-0.05, 0) is 62.7 Å². The van der Waals surface area contributed by atoms with Crippen LogP contribution in [-0.2, 0) is 11.4 Å². The van der Waals surface area contributed by atoms with Gasteiger partial charge in [0.1, 0.15) is 18.1 Å². The SMILES string of the molecule is Cc1ccc(C(CNC(=O)COc2ccccc2OCc2ccccc2)N2CCCC2)o1. The number of rotatable bonds is 10. The van der Waals surface area contributed by atoms with Crippen LogP contribution in [0.5, 0.6) is 11.5 Å². The zero-order valence-electron chi connectivity index (χ0n) is 18.5. The van der Waals surface area contributed by atoms with Gasteiger partial charge >= 0.3 is 0 Å².